The zero-order valence-corrected chi connectivity index (χ0v) is 10.9. The van der Waals surface area contributed by atoms with Gasteiger partial charge < -0.3 is 11.1 Å². The lowest BCUT2D eigenvalue weighted by Crippen LogP contribution is -2.34. The Morgan fingerprint density at radius 3 is 2.88 bits per heavy atom. The fraction of sp³-hybridized carbons (Fsp3) is 0.538. The Kier molecular flexibility index (Phi) is 4.15. The van der Waals surface area contributed by atoms with Crippen molar-refractivity contribution < 1.29 is 4.39 Å². The van der Waals surface area contributed by atoms with Gasteiger partial charge in [-0.3, -0.25) is 0 Å². The number of nitrogens with one attached hydrogen (secondary N) is 1. The largest absolute Gasteiger partial charge is 0.395 e. The van der Waals surface area contributed by atoms with Crippen molar-refractivity contribution in [2.75, 3.05) is 17.3 Å². The second-order valence-corrected chi connectivity index (χ2v) is 5.59. The summed E-state index contributed by atoms with van der Waals surface area (Å²) in [6.07, 6.45) is 7.04. The molecule has 1 aliphatic carbocycles. The molecule has 0 aromatic heterocycles. The summed E-state index contributed by atoms with van der Waals surface area (Å²) in [5, 5.41) is 4.01. The average molecular weight is 254 g/mol. The summed E-state index contributed by atoms with van der Waals surface area (Å²) in [5.74, 6) is -0.341. The van der Waals surface area contributed by atoms with Crippen LogP contribution in [0.2, 0.25) is 0 Å². The SMILES string of the molecule is CSC1CCCCC1Nc1cccc(F)c1N. The summed E-state index contributed by atoms with van der Waals surface area (Å²) in [4.78, 5) is 0. The molecule has 17 heavy (non-hydrogen) atoms. The predicted molar refractivity (Wildman–Crippen MR) is 74.0 cm³/mol. The van der Waals surface area contributed by atoms with Crippen molar-refractivity contribution in [3.63, 3.8) is 0 Å². The highest BCUT2D eigenvalue weighted by atomic mass is 32.2. The number of nitrogen functional groups attached to an aromatic ring is 1. The highest BCUT2D eigenvalue weighted by molar-refractivity contribution is 7.99. The van der Waals surface area contributed by atoms with Crippen molar-refractivity contribution in [2.24, 2.45) is 0 Å². The first-order chi connectivity index (χ1) is 8.22. The monoisotopic (exact) mass is 254 g/mol. The number of benzene rings is 1. The molecule has 2 rings (SSSR count). The van der Waals surface area contributed by atoms with Gasteiger partial charge in [-0.2, -0.15) is 11.8 Å². The topological polar surface area (TPSA) is 38.0 Å². The van der Waals surface area contributed by atoms with Gasteiger partial charge in [0.05, 0.1) is 11.4 Å². The maximum absolute atomic E-state index is 13.3. The molecular weight excluding hydrogens is 235 g/mol. The first-order valence-electron chi connectivity index (χ1n) is 6.05. The first kappa shape index (κ1) is 12.6. The van der Waals surface area contributed by atoms with Crippen molar-refractivity contribution in [3.8, 4) is 0 Å². The quantitative estimate of drug-likeness (QED) is 0.811. The molecule has 0 amide bonds. The lowest BCUT2D eigenvalue weighted by Gasteiger charge is -2.32. The molecule has 0 saturated heterocycles. The normalized spacial score (nSPS) is 24.6. The van der Waals surface area contributed by atoms with Gasteiger partial charge in [-0.15, -0.1) is 0 Å². The second kappa shape index (κ2) is 5.63. The maximum atomic E-state index is 13.3. The van der Waals surface area contributed by atoms with Crippen LogP contribution < -0.4 is 11.1 Å². The third kappa shape index (κ3) is 2.86. The molecule has 1 aromatic carbocycles. The number of nitrogens with two attached hydrogens (primary N) is 1. The zero-order chi connectivity index (χ0) is 12.3. The summed E-state index contributed by atoms with van der Waals surface area (Å²) in [6.45, 7) is 0. The van der Waals surface area contributed by atoms with Gasteiger partial charge in [0.2, 0.25) is 0 Å². The molecule has 0 aliphatic heterocycles. The minimum Gasteiger partial charge on any atom is -0.395 e. The van der Waals surface area contributed by atoms with E-state index < -0.39 is 0 Å². The van der Waals surface area contributed by atoms with Crippen LogP contribution in [0.3, 0.4) is 0 Å². The van der Waals surface area contributed by atoms with E-state index in [-0.39, 0.29) is 11.5 Å². The standard InChI is InChI=1S/C13H19FN2S/c1-17-12-8-3-2-6-10(12)16-11-7-4-5-9(14)13(11)15/h4-5,7,10,12,16H,2-3,6,8,15H2,1H3. The van der Waals surface area contributed by atoms with Gasteiger partial charge in [0.1, 0.15) is 5.82 Å². The summed E-state index contributed by atoms with van der Waals surface area (Å²) in [5.41, 5.74) is 6.71. The van der Waals surface area contributed by atoms with Crippen LogP contribution in [-0.2, 0) is 0 Å². The number of thioether (sulfide) groups is 1. The van der Waals surface area contributed by atoms with Gasteiger partial charge in [0.25, 0.3) is 0 Å². The molecule has 2 unspecified atom stereocenters. The van der Waals surface area contributed by atoms with Gasteiger partial charge in [-0.1, -0.05) is 18.9 Å². The lowest BCUT2D eigenvalue weighted by atomic mass is 9.94. The van der Waals surface area contributed by atoms with Crippen molar-refractivity contribution in [1.29, 1.82) is 0 Å². The Bertz CT molecular complexity index is 384. The third-order valence-corrected chi connectivity index (χ3v) is 4.57. The number of hydrogen-bond acceptors (Lipinski definition) is 3. The summed E-state index contributed by atoms with van der Waals surface area (Å²) in [6, 6.07) is 5.35. The Balaban J connectivity index is 2.11. The number of anilines is 2. The Morgan fingerprint density at radius 2 is 2.12 bits per heavy atom. The molecule has 0 bridgehead atoms. The van der Waals surface area contributed by atoms with Gasteiger partial charge in [0, 0.05) is 11.3 Å². The van der Waals surface area contributed by atoms with Crippen LogP contribution in [-0.4, -0.2) is 17.5 Å². The summed E-state index contributed by atoms with van der Waals surface area (Å²) in [7, 11) is 0. The highest BCUT2D eigenvalue weighted by Crippen LogP contribution is 2.31. The second-order valence-electron chi connectivity index (χ2n) is 4.51. The Labute approximate surface area is 106 Å². The van der Waals surface area contributed by atoms with Crippen molar-refractivity contribution in [3.05, 3.63) is 24.0 Å². The molecule has 1 fully saturated rings. The van der Waals surface area contributed by atoms with E-state index in [1.807, 2.05) is 17.8 Å². The molecule has 1 aromatic rings. The van der Waals surface area contributed by atoms with E-state index in [0.29, 0.717) is 11.3 Å². The predicted octanol–water partition coefficient (Wildman–Crippen LogP) is 3.49. The maximum Gasteiger partial charge on any atom is 0.148 e. The number of rotatable bonds is 3. The molecule has 0 radical (unpaired) electrons. The molecule has 1 aliphatic rings. The van der Waals surface area contributed by atoms with E-state index in [2.05, 4.69) is 11.6 Å². The van der Waals surface area contributed by atoms with Crippen LogP contribution >= 0.6 is 11.8 Å². The molecule has 0 spiro atoms. The van der Waals surface area contributed by atoms with Gasteiger partial charge >= 0.3 is 0 Å². The van der Waals surface area contributed by atoms with E-state index in [0.717, 1.165) is 12.1 Å². The minimum atomic E-state index is -0.341. The lowest BCUT2D eigenvalue weighted by molar-refractivity contribution is 0.475. The molecule has 2 nitrogen and oxygen atoms in total. The van der Waals surface area contributed by atoms with Gasteiger partial charge in [0.15, 0.2) is 0 Å². The highest BCUT2D eigenvalue weighted by Gasteiger charge is 2.24. The van der Waals surface area contributed by atoms with Gasteiger partial charge in [-0.25, -0.2) is 4.39 Å². The minimum absolute atomic E-state index is 0.234. The molecule has 2 atom stereocenters. The fourth-order valence-corrected chi connectivity index (χ4v) is 3.34. The van der Waals surface area contributed by atoms with Crippen molar-refractivity contribution >= 4 is 23.1 Å². The number of hydrogen-bond donors (Lipinski definition) is 2. The molecule has 1 saturated carbocycles. The van der Waals surface area contributed by atoms with E-state index in [9.17, 15) is 4.39 Å². The molecule has 0 heterocycles. The summed E-state index contributed by atoms with van der Waals surface area (Å²) >= 11 is 1.89. The smallest absolute Gasteiger partial charge is 0.148 e. The number of para-hydroxylation sites is 1. The summed E-state index contributed by atoms with van der Waals surface area (Å²) < 4.78 is 13.3. The van der Waals surface area contributed by atoms with Crippen LogP contribution in [0.25, 0.3) is 0 Å². The van der Waals surface area contributed by atoms with E-state index in [1.165, 1.54) is 25.3 Å². The number of halogens is 1. The van der Waals surface area contributed by atoms with Crippen LogP contribution in [0.5, 0.6) is 0 Å². The van der Waals surface area contributed by atoms with E-state index in [4.69, 9.17) is 5.73 Å². The van der Waals surface area contributed by atoms with E-state index >= 15 is 0 Å². The van der Waals surface area contributed by atoms with Crippen LogP contribution in [0.1, 0.15) is 25.7 Å². The Morgan fingerprint density at radius 1 is 1.35 bits per heavy atom. The average Bonchev–Trinajstić information content (AvgIpc) is 2.35. The fourth-order valence-electron chi connectivity index (χ4n) is 2.41. The molecule has 3 N–H and O–H groups in total. The van der Waals surface area contributed by atoms with Gasteiger partial charge in [-0.05, 0) is 31.2 Å². The molecular formula is C13H19FN2S. The first-order valence-corrected chi connectivity index (χ1v) is 7.34. The van der Waals surface area contributed by atoms with Crippen LogP contribution in [0.4, 0.5) is 15.8 Å². The van der Waals surface area contributed by atoms with E-state index in [1.54, 1.807) is 6.07 Å². The molecule has 94 valence electrons. The third-order valence-electron chi connectivity index (χ3n) is 3.40. The molecule has 4 heteroatoms. The zero-order valence-electron chi connectivity index (χ0n) is 10.1. The Hall–Kier alpha value is -0.900. The van der Waals surface area contributed by atoms with Crippen LogP contribution in [0, 0.1) is 5.82 Å². The van der Waals surface area contributed by atoms with Crippen molar-refractivity contribution in [1.82, 2.24) is 0 Å². The van der Waals surface area contributed by atoms with Crippen LogP contribution in [0.15, 0.2) is 18.2 Å². The van der Waals surface area contributed by atoms with Crippen molar-refractivity contribution in [2.45, 2.75) is 37.0 Å².